The molecule has 84 valence electrons. The fraction of sp³-hybridized carbons (Fsp3) is 0.100. The van der Waals surface area contributed by atoms with E-state index in [0.29, 0.717) is 5.69 Å². The minimum absolute atomic E-state index is 0.164. The third-order valence-corrected chi connectivity index (χ3v) is 2.78. The van der Waals surface area contributed by atoms with Crippen LogP contribution < -0.4 is 0 Å². The van der Waals surface area contributed by atoms with E-state index in [4.69, 9.17) is 11.6 Å². The standard InChI is InChI=1S/C10H6BrClF2N2/c11-6-1-3-7(4-2-6)16-9(12)5-8(15-16)10(13)14/h1-5,10H. The zero-order chi connectivity index (χ0) is 11.7. The van der Waals surface area contributed by atoms with Crippen LogP contribution in [0.3, 0.4) is 0 Å². The fourth-order valence-corrected chi connectivity index (χ4v) is 1.76. The second kappa shape index (κ2) is 4.51. The summed E-state index contributed by atoms with van der Waals surface area (Å²) in [5, 5.41) is 3.89. The molecule has 1 aromatic carbocycles. The highest BCUT2D eigenvalue weighted by atomic mass is 79.9. The first-order chi connectivity index (χ1) is 7.58. The molecular formula is C10H6BrClF2N2. The lowest BCUT2D eigenvalue weighted by Crippen LogP contribution is -1.97. The predicted molar refractivity (Wildman–Crippen MR) is 61.2 cm³/mol. The van der Waals surface area contributed by atoms with Gasteiger partial charge in [0, 0.05) is 10.5 Å². The first kappa shape index (κ1) is 11.5. The number of rotatable bonds is 2. The normalized spacial score (nSPS) is 11.1. The van der Waals surface area contributed by atoms with Gasteiger partial charge in [-0.1, -0.05) is 27.5 Å². The first-order valence-electron chi connectivity index (χ1n) is 4.37. The Balaban J connectivity index is 2.44. The first-order valence-corrected chi connectivity index (χ1v) is 5.54. The molecule has 2 aromatic rings. The van der Waals surface area contributed by atoms with Crippen molar-refractivity contribution in [2.75, 3.05) is 0 Å². The van der Waals surface area contributed by atoms with Gasteiger partial charge in [0.1, 0.15) is 10.8 Å². The van der Waals surface area contributed by atoms with E-state index in [1.807, 2.05) is 0 Å². The molecule has 0 radical (unpaired) electrons. The van der Waals surface area contributed by atoms with E-state index >= 15 is 0 Å². The van der Waals surface area contributed by atoms with Gasteiger partial charge in [0.15, 0.2) is 0 Å². The molecule has 1 aromatic heterocycles. The van der Waals surface area contributed by atoms with Gasteiger partial charge >= 0.3 is 0 Å². The highest BCUT2D eigenvalue weighted by molar-refractivity contribution is 9.10. The zero-order valence-corrected chi connectivity index (χ0v) is 10.2. The van der Waals surface area contributed by atoms with Crippen LogP contribution in [0.25, 0.3) is 5.69 Å². The SMILES string of the molecule is FC(F)c1cc(Cl)n(-c2ccc(Br)cc2)n1. The molecule has 0 unspecified atom stereocenters. The Morgan fingerprint density at radius 1 is 1.25 bits per heavy atom. The summed E-state index contributed by atoms with van der Waals surface area (Å²) < 4.78 is 27.0. The third-order valence-electron chi connectivity index (χ3n) is 1.98. The van der Waals surface area contributed by atoms with E-state index < -0.39 is 6.43 Å². The topological polar surface area (TPSA) is 17.8 Å². The molecule has 16 heavy (non-hydrogen) atoms. The van der Waals surface area contributed by atoms with E-state index in [1.54, 1.807) is 24.3 Å². The van der Waals surface area contributed by atoms with Crippen LogP contribution in [0, 0.1) is 0 Å². The molecule has 6 heteroatoms. The Kier molecular flexibility index (Phi) is 3.25. The summed E-state index contributed by atoms with van der Waals surface area (Å²) in [6.07, 6.45) is -2.62. The van der Waals surface area contributed by atoms with Crippen molar-refractivity contribution in [3.8, 4) is 5.69 Å². The van der Waals surface area contributed by atoms with Crippen LogP contribution in [0.5, 0.6) is 0 Å². The maximum Gasteiger partial charge on any atom is 0.282 e. The monoisotopic (exact) mass is 306 g/mol. The van der Waals surface area contributed by atoms with Crippen molar-refractivity contribution < 1.29 is 8.78 Å². The van der Waals surface area contributed by atoms with Gasteiger partial charge in [0.2, 0.25) is 0 Å². The Bertz CT molecular complexity index is 496. The van der Waals surface area contributed by atoms with Crippen molar-refractivity contribution in [1.82, 2.24) is 9.78 Å². The Morgan fingerprint density at radius 3 is 2.38 bits per heavy atom. The van der Waals surface area contributed by atoms with Crippen molar-refractivity contribution in [2.24, 2.45) is 0 Å². The summed E-state index contributed by atoms with van der Waals surface area (Å²) in [6, 6.07) is 8.20. The highest BCUT2D eigenvalue weighted by Crippen LogP contribution is 2.24. The summed E-state index contributed by atoms with van der Waals surface area (Å²) >= 11 is 9.10. The van der Waals surface area contributed by atoms with Crippen LogP contribution >= 0.6 is 27.5 Å². The van der Waals surface area contributed by atoms with E-state index in [9.17, 15) is 8.78 Å². The third kappa shape index (κ3) is 2.25. The van der Waals surface area contributed by atoms with Gasteiger partial charge in [0.25, 0.3) is 6.43 Å². The van der Waals surface area contributed by atoms with E-state index in [-0.39, 0.29) is 10.8 Å². The molecule has 0 fully saturated rings. The van der Waals surface area contributed by atoms with Crippen LogP contribution in [0.15, 0.2) is 34.8 Å². The minimum atomic E-state index is -2.62. The summed E-state index contributed by atoms with van der Waals surface area (Å²) in [4.78, 5) is 0. The van der Waals surface area contributed by atoms with Crippen molar-refractivity contribution in [3.63, 3.8) is 0 Å². The molecule has 0 atom stereocenters. The van der Waals surface area contributed by atoms with Crippen molar-refractivity contribution >= 4 is 27.5 Å². The Hall–Kier alpha value is -0.940. The van der Waals surface area contributed by atoms with Gasteiger partial charge in [-0.15, -0.1) is 0 Å². The van der Waals surface area contributed by atoms with Gasteiger partial charge < -0.3 is 0 Å². The maximum atomic E-state index is 12.4. The lowest BCUT2D eigenvalue weighted by atomic mass is 10.3. The molecule has 1 heterocycles. The van der Waals surface area contributed by atoms with Gasteiger partial charge in [-0.3, -0.25) is 0 Å². The second-order valence-electron chi connectivity index (χ2n) is 3.08. The van der Waals surface area contributed by atoms with Crippen LogP contribution in [0.1, 0.15) is 12.1 Å². The molecule has 0 bridgehead atoms. The molecule has 0 aliphatic rings. The number of alkyl halides is 2. The maximum absolute atomic E-state index is 12.4. The number of hydrogen-bond donors (Lipinski definition) is 0. The number of halogens is 4. The number of hydrogen-bond acceptors (Lipinski definition) is 1. The van der Waals surface area contributed by atoms with Crippen LogP contribution in [0.4, 0.5) is 8.78 Å². The van der Waals surface area contributed by atoms with Crippen molar-refractivity contribution in [3.05, 3.63) is 45.7 Å². The molecule has 0 aliphatic heterocycles. The van der Waals surface area contributed by atoms with Crippen LogP contribution in [-0.2, 0) is 0 Å². The van der Waals surface area contributed by atoms with Crippen LogP contribution in [-0.4, -0.2) is 9.78 Å². The average Bonchev–Trinajstić information content (AvgIpc) is 2.62. The summed E-state index contributed by atoms with van der Waals surface area (Å²) in [5.41, 5.74) is 0.313. The minimum Gasteiger partial charge on any atom is -0.222 e. The predicted octanol–water partition coefficient (Wildman–Crippen LogP) is 4.23. The van der Waals surface area contributed by atoms with E-state index in [1.165, 1.54) is 4.68 Å². The molecule has 0 saturated carbocycles. The van der Waals surface area contributed by atoms with E-state index in [2.05, 4.69) is 21.0 Å². The molecule has 0 spiro atoms. The molecule has 0 saturated heterocycles. The van der Waals surface area contributed by atoms with Crippen LogP contribution in [0.2, 0.25) is 5.15 Å². The van der Waals surface area contributed by atoms with Gasteiger partial charge in [-0.25, -0.2) is 13.5 Å². The summed E-state index contributed by atoms with van der Waals surface area (Å²) in [5.74, 6) is 0. The Morgan fingerprint density at radius 2 is 1.88 bits per heavy atom. The molecule has 0 N–H and O–H groups in total. The zero-order valence-electron chi connectivity index (χ0n) is 7.87. The quantitative estimate of drug-likeness (QED) is 0.812. The molecule has 2 nitrogen and oxygen atoms in total. The Labute approximate surface area is 104 Å². The van der Waals surface area contributed by atoms with E-state index in [0.717, 1.165) is 10.5 Å². The second-order valence-corrected chi connectivity index (χ2v) is 4.38. The summed E-state index contributed by atoms with van der Waals surface area (Å²) in [6.45, 7) is 0. The van der Waals surface area contributed by atoms with Gasteiger partial charge in [-0.05, 0) is 24.3 Å². The fourth-order valence-electron chi connectivity index (χ4n) is 1.25. The lowest BCUT2D eigenvalue weighted by molar-refractivity contribution is 0.145. The van der Waals surface area contributed by atoms with Gasteiger partial charge in [0.05, 0.1) is 5.69 Å². The van der Waals surface area contributed by atoms with Crippen molar-refractivity contribution in [1.29, 1.82) is 0 Å². The molecular weight excluding hydrogens is 301 g/mol. The highest BCUT2D eigenvalue weighted by Gasteiger charge is 2.15. The summed E-state index contributed by atoms with van der Waals surface area (Å²) in [7, 11) is 0. The van der Waals surface area contributed by atoms with Gasteiger partial charge in [-0.2, -0.15) is 5.10 Å². The molecule has 0 amide bonds. The largest absolute Gasteiger partial charge is 0.282 e. The average molecular weight is 308 g/mol. The lowest BCUT2D eigenvalue weighted by Gasteiger charge is -2.02. The smallest absolute Gasteiger partial charge is 0.222 e. The number of aromatic nitrogens is 2. The number of benzene rings is 1. The number of nitrogens with zero attached hydrogens (tertiary/aromatic N) is 2. The van der Waals surface area contributed by atoms with Crippen molar-refractivity contribution in [2.45, 2.75) is 6.43 Å². The molecule has 0 aliphatic carbocycles. The molecule has 2 rings (SSSR count).